The number of anilines is 2. The van der Waals surface area contributed by atoms with Crippen LogP contribution in [-0.2, 0) is 13.0 Å². The maximum atomic E-state index is 12.4. The first-order chi connectivity index (χ1) is 14.2. The van der Waals surface area contributed by atoms with Gasteiger partial charge in [0.2, 0.25) is 11.9 Å². The topological polar surface area (TPSA) is 78.0 Å². The molecule has 0 radical (unpaired) electrons. The zero-order valence-corrected chi connectivity index (χ0v) is 16.6. The molecule has 0 atom stereocenters. The smallest absolute Gasteiger partial charge is 0.252 e. The number of H-pyrrole nitrogens is 1. The predicted octanol–water partition coefficient (Wildman–Crippen LogP) is 2.70. The van der Waals surface area contributed by atoms with Gasteiger partial charge in [-0.15, -0.1) is 0 Å². The molecule has 1 saturated heterocycles. The highest BCUT2D eigenvalue weighted by Gasteiger charge is 2.20. The Kier molecular flexibility index (Phi) is 4.50. The van der Waals surface area contributed by atoms with E-state index in [0.29, 0.717) is 11.6 Å². The minimum Gasteiger partial charge on any atom is -0.341 e. The summed E-state index contributed by atoms with van der Waals surface area (Å²) in [5, 5.41) is 0. The normalized spacial score (nSPS) is 16.2. The Labute approximate surface area is 169 Å². The molecular formula is C22H24N6O. The molecule has 3 aromatic rings. The summed E-state index contributed by atoms with van der Waals surface area (Å²) in [6.07, 6.45) is 5.11. The zero-order chi connectivity index (χ0) is 19.8. The van der Waals surface area contributed by atoms with E-state index < -0.39 is 0 Å². The minimum atomic E-state index is -0.160. The van der Waals surface area contributed by atoms with E-state index in [2.05, 4.69) is 49.0 Å². The Bertz CT molecular complexity index is 1100. The van der Waals surface area contributed by atoms with Crippen molar-refractivity contribution < 1.29 is 0 Å². The van der Waals surface area contributed by atoms with Crippen LogP contribution < -0.4 is 15.4 Å². The van der Waals surface area contributed by atoms with Gasteiger partial charge in [-0.3, -0.25) is 9.78 Å². The van der Waals surface area contributed by atoms with Gasteiger partial charge in [0.1, 0.15) is 0 Å². The van der Waals surface area contributed by atoms with Crippen molar-refractivity contribution in [1.29, 1.82) is 0 Å². The van der Waals surface area contributed by atoms with Gasteiger partial charge in [0.25, 0.3) is 5.56 Å². The molecule has 1 aromatic carbocycles. The molecule has 4 heterocycles. The lowest BCUT2D eigenvalue weighted by Crippen LogP contribution is -2.33. The van der Waals surface area contributed by atoms with E-state index in [4.69, 9.17) is 4.98 Å². The lowest BCUT2D eigenvalue weighted by atomic mass is 10.0. The van der Waals surface area contributed by atoms with Crippen molar-refractivity contribution in [3.8, 4) is 11.3 Å². The molecule has 7 heteroatoms. The Morgan fingerprint density at radius 3 is 2.59 bits per heavy atom. The Morgan fingerprint density at radius 2 is 1.79 bits per heavy atom. The monoisotopic (exact) mass is 388 g/mol. The van der Waals surface area contributed by atoms with E-state index in [1.807, 2.05) is 6.92 Å². The van der Waals surface area contributed by atoms with Crippen molar-refractivity contribution in [3.05, 3.63) is 63.7 Å². The van der Waals surface area contributed by atoms with Crippen LogP contribution in [0.1, 0.15) is 29.7 Å². The van der Waals surface area contributed by atoms with Gasteiger partial charge >= 0.3 is 0 Å². The number of aromatic amines is 1. The molecule has 0 amide bonds. The molecule has 0 bridgehead atoms. The third-order valence-electron chi connectivity index (χ3n) is 5.79. The summed E-state index contributed by atoms with van der Waals surface area (Å²) in [5.41, 5.74) is 4.75. The van der Waals surface area contributed by atoms with Crippen molar-refractivity contribution in [1.82, 2.24) is 19.9 Å². The lowest BCUT2D eigenvalue weighted by molar-refractivity contribution is 0.706. The van der Waals surface area contributed by atoms with Crippen LogP contribution in [0.5, 0.6) is 0 Å². The van der Waals surface area contributed by atoms with Crippen LogP contribution in [0, 0.1) is 6.92 Å². The highest BCUT2D eigenvalue weighted by molar-refractivity contribution is 5.62. The fourth-order valence-electron chi connectivity index (χ4n) is 4.18. The van der Waals surface area contributed by atoms with Gasteiger partial charge in [0, 0.05) is 44.0 Å². The summed E-state index contributed by atoms with van der Waals surface area (Å²) in [4.78, 5) is 33.6. The predicted molar refractivity (Wildman–Crippen MR) is 113 cm³/mol. The largest absolute Gasteiger partial charge is 0.341 e. The van der Waals surface area contributed by atoms with Gasteiger partial charge in [-0.25, -0.2) is 15.0 Å². The molecule has 0 spiro atoms. The van der Waals surface area contributed by atoms with Crippen LogP contribution in [-0.4, -0.2) is 39.6 Å². The molecule has 2 aliphatic heterocycles. The molecular weight excluding hydrogens is 364 g/mol. The van der Waals surface area contributed by atoms with E-state index in [1.165, 1.54) is 30.0 Å². The average molecular weight is 388 g/mol. The second kappa shape index (κ2) is 7.31. The number of hydrogen-bond donors (Lipinski definition) is 1. The number of rotatable bonds is 3. The highest BCUT2D eigenvalue weighted by Crippen LogP contribution is 2.25. The van der Waals surface area contributed by atoms with Crippen molar-refractivity contribution in [2.45, 2.75) is 32.7 Å². The van der Waals surface area contributed by atoms with E-state index in [-0.39, 0.29) is 5.56 Å². The Hall–Kier alpha value is -3.22. The Morgan fingerprint density at radius 1 is 1.00 bits per heavy atom. The molecule has 7 nitrogen and oxygen atoms in total. The third kappa shape index (κ3) is 3.48. The number of hydrogen-bond acceptors (Lipinski definition) is 6. The summed E-state index contributed by atoms with van der Waals surface area (Å²) >= 11 is 0. The molecule has 0 unspecified atom stereocenters. The summed E-state index contributed by atoms with van der Waals surface area (Å²) in [6.45, 7) is 5.53. The van der Waals surface area contributed by atoms with Gasteiger partial charge in [-0.1, -0.05) is 24.3 Å². The van der Waals surface area contributed by atoms with Crippen molar-refractivity contribution in [2.24, 2.45) is 0 Å². The maximum Gasteiger partial charge on any atom is 0.252 e. The molecule has 0 saturated carbocycles. The first-order valence-electron chi connectivity index (χ1n) is 10.2. The van der Waals surface area contributed by atoms with Crippen LogP contribution in [0.3, 0.4) is 0 Å². The van der Waals surface area contributed by atoms with Gasteiger partial charge in [0.05, 0.1) is 11.4 Å². The van der Waals surface area contributed by atoms with Crippen LogP contribution in [0.15, 0.2) is 41.3 Å². The first-order valence-corrected chi connectivity index (χ1v) is 10.2. The number of aryl methyl sites for hydroxylation is 1. The van der Waals surface area contributed by atoms with Gasteiger partial charge in [-0.2, -0.15) is 0 Å². The summed E-state index contributed by atoms with van der Waals surface area (Å²) in [6, 6.07) is 9.96. The highest BCUT2D eigenvalue weighted by atomic mass is 16.1. The molecule has 1 N–H and O–H groups in total. The molecule has 0 aliphatic carbocycles. The zero-order valence-electron chi connectivity index (χ0n) is 16.6. The third-order valence-corrected chi connectivity index (χ3v) is 5.79. The van der Waals surface area contributed by atoms with E-state index in [9.17, 15) is 4.79 Å². The molecule has 1 fully saturated rings. The van der Waals surface area contributed by atoms with Crippen molar-refractivity contribution in [2.75, 3.05) is 29.4 Å². The molecule has 5 rings (SSSR count). The van der Waals surface area contributed by atoms with Crippen LogP contribution >= 0.6 is 0 Å². The second-order valence-electron chi connectivity index (χ2n) is 7.76. The second-order valence-corrected chi connectivity index (χ2v) is 7.76. The van der Waals surface area contributed by atoms with Crippen LogP contribution in [0.4, 0.5) is 11.9 Å². The number of nitrogens with zero attached hydrogens (tertiary/aromatic N) is 5. The van der Waals surface area contributed by atoms with Crippen LogP contribution in [0.2, 0.25) is 0 Å². The fourth-order valence-corrected chi connectivity index (χ4v) is 4.18. The van der Waals surface area contributed by atoms with E-state index in [1.54, 1.807) is 6.20 Å². The SMILES string of the molecule is Cc1nc(N2CCCC2)ncc1-c1cc(=O)[nH]c(N2CCc3ccccc3C2)n1. The first kappa shape index (κ1) is 17.8. The quantitative estimate of drug-likeness (QED) is 0.743. The molecule has 2 aromatic heterocycles. The maximum absolute atomic E-state index is 12.4. The average Bonchev–Trinajstić information content (AvgIpc) is 3.28. The van der Waals surface area contributed by atoms with Crippen molar-refractivity contribution >= 4 is 11.9 Å². The number of aromatic nitrogens is 4. The standard InChI is InChI=1S/C22H24N6O/c1-15-18(13-23-21(24-15)27-9-4-5-10-27)19-12-20(29)26-22(25-19)28-11-8-16-6-2-3-7-17(16)14-28/h2-3,6-7,12-13H,4-5,8-11,14H2,1H3,(H,25,26,29). The van der Waals surface area contributed by atoms with Crippen molar-refractivity contribution in [3.63, 3.8) is 0 Å². The van der Waals surface area contributed by atoms with Gasteiger partial charge in [-0.05, 0) is 37.3 Å². The van der Waals surface area contributed by atoms with E-state index in [0.717, 1.165) is 49.8 Å². The lowest BCUT2D eigenvalue weighted by Gasteiger charge is -2.29. The summed E-state index contributed by atoms with van der Waals surface area (Å²) in [5.74, 6) is 1.37. The summed E-state index contributed by atoms with van der Waals surface area (Å²) < 4.78 is 0. The molecule has 2 aliphatic rings. The fraction of sp³-hybridized carbons (Fsp3) is 0.364. The minimum absolute atomic E-state index is 0.160. The molecule has 148 valence electrons. The number of nitrogens with one attached hydrogen (secondary N) is 1. The number of fused-ring (bicyclic) bond motifs is 1. The Balaban J connectivity index is 1.46. The molecule has 29 heavy (non-hydrogen) atoms. The van der Waals surface area contributed by atoms with Gasteiger partial charge in [0.15, 0.2) is 0 Å². The van der Waals surface area contributed by atoms with E-state index >= 15 is 0 Å². The van der Waals surface area contributed by atoms with Crippen LogP contribution in [0.25, 0.3) is 11.3 Å². The number of benzene rings is 1. The summed E-state index contributed by atoms with van der Waals surface area (Å²) in [7, 11) is 0. The van der Waals surface area contributed by atoms with Gasteiger partial charge < -0.3 is 9.80 Å².